The molecule has 1 unspecified atom stereocenters. The number of nitrogens with one attached hydrogen (secondary N) is 1. The molecule has 1 nitrogen and oxygen atoms in total. The van der Waals surface area contributed by atoms with Crippen LogP contribution in [-0.2, 0) is 6.42 Å². The van der Waals surface area contributed by atoms with Gasteiger partial charge >= 0.3 is 0 Å². The van der Waals surface area contributed by atoms with Crippen molar-refractivity contribution < 1.29 is 0 Å². The fraction of sp³-hybridized carbons (Fsp3) is 0.250. The summed E-state index contributed by atoms with van der Waals surface area (Å²) >= 11 is 18.6. The molecule has 4 heteroatoms. The van der Waals surface area contributed by atoms with E-state index in [4.69, 9.17) is 34.8 Å². The Bertz CT molecular complexity index is 563. The first-order valence-electron chi connectivity index (χ1n) is 6.53. The number of rotatable bonds is 5. The first-order valence-corrected chi connectivity index (χ1v) is 7.67. The molecule has 0 heterocycles. The monoisotopic (exact) mass is 327 g/mol. The van der Waals surface area contributed by atoms with E-state index in [0.717, 1.165) is 29.1 Å². The largest absolute Gasteiger partial charge is 0.310 e. The summed E-state index contributed by atoms with van der Waals surface area (Å²) in [5, 5.41) is 5.58. The van der Waals surface area contributed by atoms with E-state index in [1.54, 1.807) is 0 Å². The third kappa shape index (κ3) is 3.89. The van der Waals surface area contributed by atoms with E-state index < -0.39 is 0 Å². The van der Waals surface area contributed by atoms with Gasteiger partial charge in [0, 0.05) is 21.1 Å². The third-order valence-corrected chi connectivity index (χ3v) is 4.11. The number of benzene rings is 2. The van der Waals surface area contributed by atoms with E-state index in [1.165, 1.54) is 0 Å². The summed E-state index contributed by atoms with van der Waals surface area (Å²) in [6.45, 7) is 2.94. The normalized spacial score (nSPS) is 12.4. The van der Waals surface area contributed by atoms with Gasteiger partial charge in [0.05, 0.1) is 0 Å². The van der Waals surface area contributed by atoms with Gasteiger partial charge < -0.3 is 5.32 Å². The van der Waals surface area contributed by atoms with Crippen molar-refractivity contribution in [2.24, 2.45) is 0 Å². The maximum absolute atomic E-state index is 6.25. The highest BCUT2D eigenvalue weighted by Gasteiger charge is 2.15. The first-order chi connectivity index (χ1) is 9.61. The minimum absolute atomic E-state index is 0.135. The minimum atomic E-state index is 0.135. The standard InChI is InChI=1S/C16H16Cl3N/c1-2-20-16(11-5-3-6-12(17)9-11)10-13-14(18)7-4-8-15(13)19/h3-9,16,20H,2,10H2,1H3. The molecule has 106 valence electrons. The lowest BCUT2D eigenvalue weighted by Crippen LogP contribution is -2.23. The van der Waals surface area contributed by atoms with Gasteiger partial charge in [0.15, 0.2) is 0 Å². The highest BCUT2D eigenvalue weighted by Crippen LogP contribution is 2.30. The number of hydrogen-bond donors (Lipinski definition) is 1. The molecular weight excluding hydrogens is 313 g/mol. The number of likely N-dealkylation sites (N-methyl/N-ethyl adjacent to an activating group) is 1. The van der Waals surface area contributed by atoms with Crippen molar-refractivity contribution in [2.45, 2.75) is 19.4 Å². The van der Waals surface area contributed by atoms with E-state index in [2.05, 4.69) is 18.3 Å². The van der Waals surface area contributed by atoms with Gasteiger partial charge in [0.2, 0.25) is 0 Å². The second-order valence-electron chi connectivity index (χ2n) is 4.57. The molecule has 1 atom stereocenters. The Morgan fingerprint density at radius 3 is 2.25 bits per heavy atom. The van der Waals surface area contributed by atoms with Gasteiger partial charge in [-0.15, -0.1) is 0 Å². The van der Waals surface area contributed by atoms with Gasteiger partial charge in [-0.05, 0) is 48.4 Å². The van der Waals surface area contributed by atoms with Gasteiger partial charge in [-0.3, -0.25) is 0 Å². The van der Waals surface area contributed by atoms with E-state index in [1.807, 2.05) is 36.4 Å². The Hall–Kier alpha value is -0.730. The average molecular weight is 329 g/mol. The Labute approximate surface area is 134 Å². The second-order valence-corrected chi connectivity index (χ2v) is 5.82. The van der Waals surface area contributed by atoms with E-state index in [9.17, 15) is 0 Å². The van der Waals surface area contributed by atoms with Gasteiger partial charge in [-0.1, -0.05) is 59.9 Å². The molecule has 0 saturated heterocycles. The molecule has 2 aromatic rings. The lowest BCUT2D eigenvalue weighted by atomic mass is 9.98. The zero-order valence-electron chi connectivity index (χ0n) is 11.2. The maximum Gasteiger partial charge on any atom is 0.0453 e. The van der Waals surface area contributed by atoms with Crippen LogP contribution in [0.4, 0.5) is 0 Å². The van der Waals surface area contributed by atoms with Crippen LogP contribution < -0.4 is 5.32 Å². The molecule has 0 aromatic heterocycles. The van der Waals surface area contributed by atoms with Crippen LogP contribution in [0.3, 0.4) is 0 Å². The zero-order valence-corrected chi connectivity index (χ0v) is 13.4. The summed E-state index contributed by atoms with van der Waals surface area (Å²) in [6, 6.07) is 13.6. The SMILES string of the molecule is CCNC(Cc1c(Cl)cccc1Cl)c1cccc(Cl)c1. The predicted molar refractivity (Wildman–Crippen MR) is 88.0 cm³/mol. The molecule has 0 fully saturated rings. The van der Waals surface area contributed by atoms with Crippen LogP contribution in [0.25, 0.3) is 0 Å². The van der Waals surface area contributed by atoms with Crippen molar-refractivity contribution in [3.63, 3.8) is 0 Å². The van der Waals surface area contributed by atoms with Gasteiger partial charge in [-0.2, -0.15) is 0 Å². The topological polar surface area (TPSA) is 12.0 Å². The van der Waals surface area contributed by atoms with Crippen molar-refractivity contribution in [1.82, 2.24) is 5.32 Å². The second kappa shape index (κ2) is 7.33. The fourth-order valence-electron chi connectivity index (χ4n) is 2.21. The van der Waals surface area contributed by atoms with E-state index in [0.29, 0.717) is 10.0 Å². The smallest absolute Gasteiger partial charge is 0.0453 e. The zero-order chi connectivity index (χ0) is 14.5. The Kier molecular flexibility index (Phi) is 5.74. The van der Waals surface area contributed by atoms with Crippen LogP contribution in [0, 0.1) is 0 Å². The lowest BCUT2D eigenvalue weighted by Gasteiger charge is -2.20. The highest BCUT2D eigenvalue weighted by molar-refractivity contribution is 6.36. The Morgan fingerprint density at radius 2 is 1.65 bits per heavy atom. The van der Waals surface area contributed by atoms with Gasteiger partial charge in [0.25, 0.3) is 0 Å². The summed E-state index contributed by atoms with van der Waals surface area (Å²) in [5.74, 6) is 0. The molecule has 20 heavy (non-hydrogen) atoms. The number of hydrogen-bond acceptors (Lipinski definition) is 1. The van der Waals surface area contributed by atoms with Crippen LogP contribution in [0.2, 0.25) is 15.1 Å². The molecule has 0 amide bonds. The molecule has 0 bridgehead atoms. The van der Waals surface area contributed by atoms with Crippen LogP contribution in [0.1, 0.15) is 24.1 Å². The van der Waals surface area contributed by atoms with Crippen molar-refractivity contribution >= 4 is 34.8 Å². The Balaban J connectivity index is 2.30. The third-order valence-electron chi connectivity index (χ3n) is 3.17. The van der Waals surface area contributed by atoms with Crippen LogP contribution >= 0.6 is 34.8 Å². The molecule has 1 N–H and O–H groups in total. The van der Waals surface area contributed by atoms with Crippen LogP contribution in [0.15, 0.2) is 42.5 Å². The van der Waals surface area contributed by atoms with Crippen LogP contribution in [-0.4, -0.2) is 6.54 Å². The molecule has 0 saturated carbocycles. The predicted octanol–water partition coefficient (Wildman–Crippen LogP) is 5.54. The summed E-state index contributed by atoms with van der Waals surface area (Å²) in [5.41, 5.74) is 2.09. The molecule has 0 aliphatic carbocycles. The molecule has 2 rings (SSSR count). The lowest BCUT2D eigenvalue weighted by molar-refractivity contribution is 0.550. The summed E-state index contributed by atoms with van der Waals surface area (Å²) in [7, 11) is 0. The Morgan fingerprint density at radius 1 is 1.00 bits per heavy atom. The number of halogens is 3. The molecule has 0 spiro atoms. The van der Waals surface area contributed by atoms with Crippen molar-refractivity contribution in [2.75, 3.05) is 6.54 Å². The van der Waals surface area contributed by atoms with E-state index >= 15 is 0 Å². The minimum Gasteiger partial charge on any atom is -0.310 e. The maximum atomic E-state index is 6.25. The van der Waals surface area contributed by atoms with Crippen LogP contribution in [0.5, 0.6) is 0 Å². The average Bonchev–Trinajstić information content (AvgIpc) is 2.42. The molecule has 0 radical (unpaired) electrons. The highest BCUT2D eigenvalue weighted by atomic mass is 35.5. The quantitative estimate of drug-likeness (QED) is 0.760. The molecule has 2 aromatic carbocycles. The molecular formula is C16H16Cl3N. The van der Waals surface area contributed by atoms with Gasteiger partial charge in [-0.25, -0.2) is 0 Å². The fourth-order valence-corrected chi connectivity index (χ4v) is 2.96. The van der Waals surface area contributed by atoms with Crippen molar-refractivity contribution in [1.29, 1.82) is 0 Å². The van der Waals surface area contributed by atoms with Gasteiger partial charge in [0.1, 0.15) is 0 Å². The summed E-state index contributed by atoms with van der Waals surface area (Å²) in [6.07, 6.45) is 0.729. The molecule has 0 aliphatic rings. The summed E-state index contributed by atoms with van der Waals surface area (Å²) in [4.78, 5) is 0. The first kappa shape index (κ1) is 15.7. The van der Waals surface area contributed by atoms with E-state index in [-0.39, 0.29) is 6.04 Å². The summed E-state index contributed by atoms with van der Waals surface area (Å²) < 4.78 is 0. The van der Waals surface area contributed by atoms with Crippen molar-refractivity contribution in [3.05, 3.63) is 68.7 Å². The molecule has 0 aliphatic heterocycles. The van der Waals surface area contributed by atoms with Crippen molar-refractivity contribution in [3.8, 4) is 0 Å².